The van der Waals surface area contributed by atoms with Crippen LogP contribution in [0.3, 0.4) is 0 Å². The zero-order valence-electron chi connectivity index (χ0n) is 19.6. The highest BCUT2D eigenvalue weighted by Crippen LogP contribution is 2.23. The molecule has 0 bridgehead atoms. The largest absolute Gasteiger partial charge is 0.403 e. The van der Waals surface area contributed by atoms with Gasteiger partial charge < -0.3 is 13.9 Å². The Bertz CT molecular complexity index is 1220. The van der Waals surface area contributed by atoms with Crippen LogP contribution < -0.4 is 5.32 Å². The quantitative estimate of drug-likeness (QED) is 0.437. The summed E-state index contributed by atoms with van der Waals surface area (Å²) in [6.45, 7) is 4.85. The Morgan fingerprint density at radius 3 is 2.21 bits per heavy atom. The van der Waals surface area contributed by atoms with Crippen molar-refractivity contribution < 1.29 is 27.1 Å². The maximum absolute atomic E-state index is 13.0. The molecular formula is C23H28N4O6S. The number of ether oxygens (including phenoxy) is 2. The molecule has 0 atom stereocenters. The predicted molar refractivity (Wildman–Crippen MR) is 126 cm³/mol. The Morgan fingerprint density at radius 2 is 1.62 bits per heavy atom. The van der Waals surface area contributed by atoms with Gasteiger partial charge in [0, 0.05) is 38.4 Å². The van der Waals surface area contributed by atoms with E-state index in [-0.39, 0.29) is 48.7 Å². The van der Waals surface area contributed by atoms with Crippen LogP contribution in [0.2, 0.25) is 0 Å². The first kappa shape index (κ1) is 25.5. The highest BCUT2D eigenvalue weighted by molar-refractivity contribution is 7.89. The topological polar surface area (TPSA) is 124 Å². The molecule has 1 aromatic heterocycles. The van der Waals surface area contributed by atoms with Crippen molar-refractivity contribution in [1.29, 1.82) is 0 Å². The van der Waals surface area contributed by atoms with Crippen LogP contribution in [0.4, 0.5) is 6.01 Å². The van der Waals surface area contributed by atoms with Crippen molar-refractivity contribution in [2.75, 3.05) is 45.8 Å². The third kappa shape index (κ3) is 6.06. The molecule has 0 fully saturated rings. The van der Waals surface area contributed by atoms with Gasteiger partial charge in [0.1, 0.15) is 0 Å². The number of carbonyl (C=O) groups excluding carboxylic acids is 1. The van der Waals surface area contributed by atoms with E-state index in [2.05, 4.69) is 15.5 Å². The molecule has 10 nitrogen and oxygen atoms in total. The summed E-state index contributed by atoms with van der Waals surface area (Å²) in [6, 6.07) is 11.3. The number of amides is 1. The van der Waals surface area contributed by atoms with E-state index in [4.69, 9.17) is 13.9 Å². The molecular weight excluding hydrogens is 460 g/mol. The molecule has 0 aliphatic heterocycles. The van der Waals surface area contributed by atoms with Gasteiger partial charge in [0.2, 0.25) is 15.9 Å². The predicted octanol–water partition coefficient (Wildman–Crippen LogP) is 2.89. The Kier molecular flexibility index (Phi) is 8.51. The van der Waals surface area contributed by atoms with Crippen LogP contribution in [0, 0.1) is 13.8 Å². The van der Waals surface area contributed by atoms with Crippen LogP contribution in [0.15, 0.2) is 51.8 Å². The van der Waals surface area contributed by atoms with E-state index in [0.29, 0.717) is 0 Å². The Morgan fingerprint density at radius 1 is 0.971 bits per heavy atom. The van der Waals surface area contributed by atoms with Gasteiger partial charge in [-0.3, -0.25) is 10.1 Å². The number of anilines is 1. The summed E-state index contributed by atoms with van der Waals surface area (Å²) < 4.78 is 42.8. The smallest absolute Gasteiger partial charge is 0.322 e. The van der Waals surface area contributed by atoms with Gasteiger partial charge in [-0.05, 0) is 61.4 Å². The second-order valence-electron chi connectivity index (χ2n) is 7.58. The number of benzene rings is 2. The molecule has 1 amide bonds. The SMILES string of the molecule is COCCN(CCOC)S(=O)(=O)c1ccc(C(=O)Nc2nnc(-c3ccc(C)c(C)c3)o2)cc1. The van der Waals surface area contributed by atoms with Crippen LogP contribution in [-0.4, -0.2) is 69.4 Å². The molecule has 3 rings (SSSR count). The Balaban J connectivity index is 1.71. The average molecular weight is 489 g/mol. The first-order valence-electron chi connectivity index (χ1n) is 10.6. The van der Waals surface area contributed by atoms with Crippen molar-refractivity contribution >= 4 is 21.9 Å². The Hall–Kier alpha value is -3.12. The number of aryl methyl sites for hydroxylation is 2. The molecule has 0 radical (unpaired) electrons. The van der Waals surface area contributed by atoms with Crippen molar-refractivity contribution in [2.45, 2.75) is 18.7 Å². The van der Waals surface area contributed by atoms with E-state index in [0.717, 1.165) is 16.7 Å². The number of nitrogens with zero attached hydrogens (tertiary/aromatic N) is 3. The third-order valence-corrected chi connectivity index (χ3v) is 7.16. The van der Waals surface area contributed by atoms with E-state index < -0.39 is 15.9 Å². The summed E-state index contributed by atoms with van der Waals surface area (Å²) in [4.78, 5) is 12.7. The highest BCUT2D eigenvalue weighted by atomic mass is 32.2. The summed E-state index contributed by atoms with van der Waals surface area (Å²) in [5.41, 5.74) is 3.21. The molecule has 0 saturated carbocycles. The average Bonchev–Trinajstić information content (AvgIpc) is 3.29. The van der Waals surface area contributed by atoms with Crippen LogP contribution >= 0.6 is 0 Å². The molecule has 0 aliphatic carbocycles. The van der Waals surface area contributed by atoms with Gasteiger partial charge in [0.05, 0.1) is 18.1 Å². The zero-order chi connectivity index (χ0) is 24.7. The monoisotopic (exact) mass is 488 g/mol. The van der Waals surface area contributed by atoms with E-state index in [9.17, 15) is 13.2 Å². The van der Waals surface area contributed by atoms with Gasteiger partial charge in [-0.25, -0.2) is 8.42 Å². The number of methoxy groups -OCH3 is 2. The van der Waals surface area contributed by atoms with Crippen LogP contribution in [0.5, 0.6) is 0 Å². The highest BCUT2D eigenvalue weighted by Gasteiger charge is 2.24. The van der Waals surface area contributed by atoms with Gasteiger partial charge in [-0.2, -0.15) is 4.31 Å². The lowest BCUT2D eigenvalue weighted by atomic mass is 10.1. The number of rotatable bonds is 11. The van der Waals surface area contributed by atoms with Gasteiger partial charge in [0.25, 0.3) is 5.91 Å². The van der Waals surface area contributed by atoms with Gasteiger partial charge in [-0.1, -0.05) is 11.2 Å². The number of hydrogen-bond acceptors (Lipinski definition) is 8. The molecule has 3 aromatic rings. The molecule has 0 aliphatic rings. The van der Waals surface area contributed by atoms with Crippen LogP contribution in [0.25, 0.3) is 11.5 Å². The fraction of sp³-hybridized carbons (Fsp3) is 0.348. The van der Waals surface area contributed by atoms with Crippen molar-refractivity contribution in [2.24, 2.45) is 0 Å². The second kappa shape index (κ2) is 11.3. The lowest BCUT2D eigenvalue weighted by molar-refractivity contribution is 0.102. The van der Waals surface area contributed by atoms with Crippen LogP contribution in [-0.2, 0) is 19.5 Å². The third-order valence-electron chi connectivity index (χ3n) is 5.24. The number of carbonyl (C=O) groups is 1. The zero-order valence-corrected chi connectivity index (χ0v) is 20.4. The van der Waals surface area contributed by atoms with Gasteiger partial charge >= 0.3 is 6.01 Å². The Labute approximate surface area is 198 Å². The van der Waals surface area contributed by atoms with Crippen LogP contribution in [0.1, 0.15) is 21.5 Å². The first-order chi connectivity index (χ1) is 16.3. The summed E-state index contributed by atoms with van der Waals surface area (Å²) in [5.74, 6) is -0.220. The standard InChI is InChI=1S/C23H28N4O6S/c1-16-5-6-19(15-17(16)2)22-25-26-23(33-22)24-21(28)18-7-9-20(10-8-18)34(29,30)27(11-13-31-3)12-14-32-4/h5-10,15H,11-14H2,1-4H3,(H,24,26,28). The molecule has 1 N–H and O–H groups in total. The van der Waals surface area contributed by atoms with Crippen molar-refractivity contribution in [3.8, 4) is 11.5 Å². The molecule has 1 heterocycles. The van der Waals surface area contributed by atoms with E-state index in [1.54, 1.807) is 0 Å². The molecule has 0 unspecified atom stereocenters. The molecule has 0 saturated heterocycles. The number of nitrogens with one attached hydrogen (secondary N) is 1. The second-order valence-corrected chi connectivity index (χ2v) is 9.52. The van der Waals surface area contributed by atoms with Crippen molar-refractivity contribution in [3.05, 3.63) is 59.2 Å². The minimum Gasteiger partial charge on any atom is -0.403 e. The maximum atomic E-state index is 13.0. The normalized spacial score (nSPS) is 11.7. The fourth-order valence-corrected chi connectivity index (χ4v) is 4.51. The summed E-state index contributed by atoms with van der Waals surface area (Å²) in [5, 5.41) is 10.4. The van der Waals surface area contributed by atoms with Crippen molar-refractivity contribution in [1.82, 2.24) is 14.5 Å². The number of aromatic nitrogens is 2. The molecule has 182 valence electrons. The van der Waals surface area contributed by atoms with E-state index in [1.165, 1.54) is 42.8 Å². The number of hydrogen-bond donors (Lipinski definition) is 1. The van der Waals surface area contributed by atoms with Crippen molar-refractivity contribution in [3.63, 3.8) is 0 Å². The lowest BCUT2D eigenvalue weighted by Gasteiger charge is -2.21. The minimum absolute atomic E-state index is 0.0553. The maximum Gasteiger partial charge on any atom is 0.322 e. The van der Waals surface area contributed by atoms with E-state index in [1.807, 2.05) is 32.0 Å². The van der Waals surface area contributed by atoms with E-state index >= 15 is 0 Å². The lowest BCUT2D eigenvalue weighted by Crippen LogP contribution is -2.36. The van der Waals surface area contributed by atoms with Gasteiger partial charge in [0.15, 0.2) is 0 Å². The minimum atomic E-state index is -3.78. The fourth-order valence-electron chi connectivity index (χ4n) is 3.10. The summed E-state index contributed by atoms with van der Waals surface area (Å²) in [6.07, 6.45) is 0. The molecule has 0 spiro atoms. The molecule has 2 aromatic carbocycles. The summed E-state index contributed by atoms with van der Waals surface area (Å²) >= 11 is 0. The molecule has 34 heavy (non-hydrogen) atoms. The summed E-state index contributed by atoms with van der Waals surface area (Å²) in [7, 11) is -0.775. The number of sulfonamides is 1. The van der Waals surface area contributed by atoms with Gasteiger partial charge in [-0.15, -0.1) is 5.10 Å². The first-order valence-corrected chi connectivity index (χ1v) is 12.0. The molecule has 11 heteroatoms.